The smallest absolute Gasteiger partial charge is 0.261 e. The summed E-state index contributed by atoms with van der Waals surface area (Å²) in [6.07, 6.45) is 0.210. The fourth-order valence-corrected chi connectivity index (χ4v) is 3.19. The zero-order valence-corrected chi connectivity index (χ0v) is 16.7. The fraction of sp³-hybridized carbons (Fsp3) is 0.278. The average Bonchev–Trinajstić information content (AvgIpc) is 2.61. The van der Waals surface area contributed by atoms with Crippen LogP contribution in [-0.4, -0.2) is 34.0 Å². The molecule has 0 spiro atoms. The number of hydrogen-bond donors (Lipinski definition) is 3. The SMILES string of the molecule is CNC(C)CNC(=O)Cc1ccc(NS(=O)(=O)c2ccc(F)cc2)cc1.Cl. The van der Waals surface area contributed by atoms with Crippen molar-refractivity contribution in [2.24, 2.45) is 0 Å². The van der Waals surface area contributed by atoms with E-state index in [4.69, 9.17) is 0 Å². The molecule has 3 N–H and O–H groups in total. The van der Waals surface area contributed by atoms with Crippen LogP contribution in [0.2, 0.25) is 0 Å². The topological polar surface area (TPSA) is 87.3 Å². The van der Waals surface area contributed by atoms with Gasteiger partial charge >= 0.3 is 0 Å². The van der Waals surface area contributed by atoms with Gasteiger partial charge in [0.2, 0.25) is 5.91 Å². The second-order valence-corrected chi connectivity index (χ2v) is 7.61. The van der Waals surface area contributed by atoms with Gasteiger partial charge in [0.05, 0.1) is 11.3 Å². The Morgan fingerprint density at radius 3 is 2.22 bits per heavy atom. The summed E-state index contributed by atoms with van der Waals surface area (Å²) < 4.78 is 39.8. The highest BCUT2D eigenvalue weighted by Crippen LogP contribution is 2.17. The summed E-state index contributed by atoms with van der Waals surface area (Å²) in [6.45, 7) is 2.49. The molecule has 0 aliphatic heterocycles. The summed E-state index contributed by atoms with van der Waals surface area (Å²) >= 11 is 0. The lowest BCUT2D eigenvalue weighted by Gasteiger charge is -2.12. The Labute approximate surface area is 165 Å². The van der Waals surface area contributed by atoms with Crippen molar-refractivity contribution >= 4 is 34.0 Å². The van der Waals surface area contributed by atoms with E-state index in [0.717, 1.165) is 17.7 Å². The van der Waals surface area contributed by atoms with Crippen LogP contribution in [0.15, 0.2) is 53.4 Å². The lowest BCUT2D eigenvalue weighted by molar-refractivity contribution is -0.120. The third-order valence-corrected chi connectivity index (χ3v) is 5.19. The Kier molecular flexibility index (Phi) is 8.68. The second kappa shape index (κ2) is 10.2. The van der Waals surface area contributed by atoms with Gasteiger partial charge in [-0.2, -0.15) is 0 Å². The molecule has 2 aromatic carbocycles. The predicted octanol–water partition coefficient (Wildman–Crippen LogP) is 2.31. The van der Waals surface area contributed by atoms with E-state index in [2.05, 4.69) is 15.4 Å². The van der Waals surface area contributed by atoms with E-state index in [1.165, 1.54) is 12.1 Å². The Hall–Kier alpha value is -2.16. The van der Waals surface area contributed by atoms with Crippen LogP contribution in [-0.2, 0) is 21.2 Å². The van der Waals surface area contributed by atoms with Crippen molar-refractivity contribution in [1.82, 2.24) is 10.6 Å². The summed E-state index contributed by atoms with van der Waals surface area (Å²) in [6, 6.07) is 11.3. The summed E-state index contributed by atoms with van der Waals surface area (Å²) in [7, 11) is -1.97. The first-order chi connectivity index (χ1) is 12.3. The zero-order valence-electron chi connectivity index (χ0n) is 15.0. The largest absolute Gasteiger partial charge is 0.354 e. The standard InChI is InChI=1S/C18H22FN3O3S.ClH/c1-13(20-2)12-21-18(23)11-14-3-7-16(8-4-14)22-26(24,25)17-9-5-15(19)6-10-17;/h3-10,13,20,22H,11-12H2,1-2H3,(H,21,23);1H. The Morgan fingerprint density at radius 1 is 1.07 bits per heavy atom. The van der Waals surface area contributed by atoms with Gasteiger partial charge in [-0.3, -0.25) is 9.52 Å². The van der Waals surface area contributed by atoms with Gasteiger partial charge in [-0.1, -0.05) is 12.1 Å². The van der Waals surface area contributed by atoms with Crippen LogP contribution in [0, 0.1) is 5.82 Å². The molecule has 0 saturated heterocycles. The molecule has 0 fully saturated rings. The first-order valence-electron chi connectivity index (χ1n) is 8.11. The van der Waals surface area contributed by atoms with Gasteiger partial charge in [0.1, 0.15) is 5.82 Å². The molecule has 1 atom stereocenters. The van der Waals surface area contributed by atoms with E-state index in [1.54, 1.807) is 24.3 Å². The van der Waals surface area contributed by atoms with Crippen LogP contribution in [0.4, 0.5) is 10.1 Å². The number of nitrogens with one attached hydrogen (secondary N) is 3. The van der Waals surface area contributed by atoms with E-state index < -0.39 is 15.8 Å². The minimum absolute atomic E-state index is 0. The molecule has 0 bridgehead atoms. The van der Waals surface area contributed by atoms with Gasteiger partial charge in [-0.15, -0.1) is 12.4 Å². The minimum Gasteiger partial charge on any atom is -0.354 e. The Balaban J connectivity index is 0.00000364. The van der Waals surface area contributed by atoms with Gasteiger partial charge in [0.15, 0.2) is 0 Å². The number of halogens is 2. The highest BCUT2D eigenvalue weighted by atomic mass is 35.5. The van der Waals surface area contributed by atoms with Crippen molar-refractivity contribution in [3.8, 4) is 0 Å². The van der Waals surface area contributed by atoms with Crippen LogP contribution in [0.1, 0.15) is 12.5 Å². The molecular weight excluding hydrogens is 393 g/mol. The van der Waals surface area contributed by atoms with E-state index in [0.29, 0.717) is 12.2 Å². The first-order valence-corrected chi connectivity index (χ1v) is 9.60. The van der Waals surface area contributed by atoms with Crippen LogP contribution in [0.5, 0.6) is 0 Å². The highest BCUT2D eigenvalue weighted by molar-refractivity contribution is 7.92. The molecule has 0 aromatic heterocycles. The quantitative estimate of drug-likeness (QED) is 0.617. The molecule has 0 saturated carbocycles. The number of likely N-dealkylation sites (N-methyl/N-ethyl adjacent to an activating group) is 1. The number of carbonyl (C=O) groups excluding carboxylic acids is 1. The highest BCUT2D eigenvalue weighted by Gasteiger charge is 2.14. The van der Waals surface area contributed by atoms with Crippen molar-refractivity contribution in [3.05, 3.63) is 59.9 Å². The Bertz CT molecular complexity index is 843. The van der Waals surface area contributed by atoms with E-state index in [9.17, 15) is 17.6 Å². The van der Waals surface area contributed by atoms with E-state index >= 15 is 0 Å². The number of hydrogen-bond acceptors (Lipinski definition) is 4. The molecule has 1 unspecified atom stereocenters. The predicted molar refractivity (Wildman–Crippen MR) is 106 cm³/mol. The van der Waals surface area contributed by atoms with Crippen molar-refractivity contribution in [2.75, 3.05) is 18.3 Å². The van der Waals surface area contributed by atoms with Crippen LogP contribution >= 0.6 is 12.4 Å². The molecule has 2 rings (SSSR count). The molecule has 148 valence electrons. The summed E-state index contributed by atoms with van der Waals surface area (Å²) in [5, 5.41) is 5.85. The number of amides is 1. The maximum Gasteiger partial charge on any atom is 0.261 e. The van der Waals surface area contributed by atoms with Crippen molar-refractivity contribution in [3.63, 3.8) is 0 Å². The summed E-state index contributed by atoms with van der Waals surface area (Å²) in [5.74, 6) is -0.609. The third-order valence-electron chi connectivity index (χ3n) is 3.79. The zero-order chi connectivity index (χ0) is 19.2. The lowest BCUT2D eigenvalue weighted by Crippen LogP contribution is -2.37. The number of sulfonamides is 1. The number of rotatable bonds is 8. The van der Waals surface area contributed by atoms with E-state index in [1.807, 2.05) is 14.0 Å². The van der Waals surface area contributed by atoms with Crippen molar-refractivity contribution in [1.29, 1.82) is 0 Å². The maximum absolute atomic E-state index is 12.9. The molecule has 0 heterocycles. The fourth-order valence-electron chi connectivity index (χ4n) is 2.14. The van der Waals surface area contributed by atoms with Crippen LogP contribution in [0.3, 0.4) is 0 Å². The molecule has 1 amide bonds. The number of carbonyl (C=O) groups is 1. The van der Waals surface area contributed by atoms with Crippen molar-refractivity contribution in [2.45, 2.75) is 24.3 Å². The van der Waals surface area contributed by atoms with Crippen molar-refractivity contribution < 1.29 is 17.6 Å². The summed E-state index contributed by atoms with van der Waals surface area (Å²) in [5.41, 5.74) is 1.13. The molecule has 27 heavy (non-hydrogen) atoms. The van der Waals surface area contributed by atoms with Gasteiger partial charge < -0.3 is 10.6 Å². The summed E-state index contributed by atoms with van der Waals surface area (Å²) in [4.78, 5) is 11.9. The third kappa shape index (κ3) is 7.16. The van der Waals surface area contributed by atoms with Gasteiger partial charge in [-0.25, -0.2) is 12.8 Å². The van der Waals surface area contributed by atoms with Gasteiger partial charge in [-0.05, 0) is 55.9 Å². The molecule has 0 radical (unpaired) electrons. The van der Waals surface area contributed by atoms with Crippen LogP contribution < -0.4 is 15.4 Å². The normalized spacial score (nSPS) is 12.0. The Morgan fingerprint density at radius 2 is 1.67 bits per heavy atom. The molecule has 0 aliphatic rings. The van der Waals surface area contributed by atoms with Gasteiger partial charge in [0.25, 0.3) is 10.0 Å². The minimum atomic E-state index is -3.79. The molecule has 2 aromatic rings. The molecule has 0 aliphatic carbocycles. The lowest BCUT2D eigenvalue weighted by atomic mass is 10.1. The average molecular weight is 416 g/mol. The second-order valence-electron chi connectivity index (χ2n) is 5.93. The monoisotopic (exact) mass is 415 g/mol. The first kappa shape index (κ1) is 22.9. The molecule has 9 heteroatoms. The van der Waals surface area contributed by atoms with Crippen LogP contribution in [0.25, 0.3) is 0 Å². The van der Waals surface area contributed by atoms with Gasteiger partial charge in [0, 0.05) is 18.3 Å². The number of benzene rings is 2. The number of anilines is 1. The molecule has 6 nitrogen and oxygen atoms in total. The maximum atomic E-state index is 12.9. The van der Waals surface area contributed by atoms with E-state index in [-0.39, 0.29) is 35.7 Å². The molecular formula is C18H23ClFN3O3S.